The van der Waals surface area contributed by atoms with Crippen molar-refractivity contribution >= 4 is 0 Å². The molecule has 0 bridgehead atoms. The molecule has 1 unspecified atom stereocenters. The molecule has 0 aromatic heterocycles. The summed E-state index contributed by atoms with van der Waals surface area (Å²) >= 11 is 0. The maximum atomic E-state index is 5.82. The van der Waals surface area contributed by atoms with Crippen LogP contribution in [0.5, 0.6) is 0 Å². The zero-order chi connectivity index (χ0) is 11.8. The van der Waals surface area contributed by atoms with E-state index < -0.39 is 0 Å². The van der Waals surface area contributed by atoms with Gasteiger partial charge in [-0.2, -0.15) is 0 Å². The van der Waals surface area contributed by atoms with Gasteiger partial charge in [0.1, 0.15) is 0 Å². The van der Waals surface area contributed by atoms with Crippen LogP contribution in [0.15, 0.2) is 0 Å². The fourth-order valence-corrected chi connectivity index (χ4v) is 1.65. The van der Waals surface area contributed by atoms with Crippen molar-refractivity contribution in [2.45, 2.75) is 64.7 Å². The Balaban J connectivity index is 2.01. The number of hydrogen-bond donors (Lipinski definition) is 1. The number of hydrogen-bond acceptors (Lipinski definition) is 3. The summed E-state index contributed by atoms with van der Waals surface area (Å²) in [5.41, 5.74) is 0. The first-order valence-corrected chi connectivity index (χ1v) is 6.69. The minimum atomic E-state index is 0.304. The quantitative estimate of drug-likeness (QED) is 0.583. The van der Waals surface area contributed by atoms with Crippen LogP contribution in [0.4, 0.5) is 0 Å². The Bertz CT molecular complexity index is 169. The van der Waals surface area contributed by atoms with Crippen molar-refractivity contribution in [1.29, 1.82) is 0 Å². The van der Waals surface area contributed by atoms with Gasteiger partial charge in [0.05, 0.1) is 25.4 Å². The SMILES string of the molecule is CCCC(CNC1CC1)OCCOC(C)C. The number of nitrogens with one attached hydrogen (secondary N) is 1. The van der Waals surface area contributed by atoms with Gasteiger partial charge >= 0.3 is 0 Å². The van der Waals surface area contributed by atoms with Gasteiger partial charge in [-0.25, -0.2) is 0 Å². The molecule has 0 heterocycles. The molecular weight excluding hydrogens is 202 g/mol. The Morgan fingerprint density at radius 3 is 2.44 bits per heavy atom. The molecule has 0 aromatic carbocycles. The fourth-order valence-electron chi connectivity index (χ4n) is 1.65. The molecular formula is C13H27NO2. The molecule has 0 aromatic rings. The van der Waals surface area contributed by atoms with E-state index in [0.29, 0.717) is 18.8 Å². The molecule has 0 aliphatic heterocycles. The fraction of sp³-hybridized carbons (Fsp3) is 1.00. The average molecular weight is 229 g/mol. The first-order valence-electron chi connectivity index (χ1n) is 6.69. The highest BCUT2D eigenvalue weighted by molar-refractivity contribution is 4.82. The van der Waals surface area contributed by atoms with Crippen molar-refractivity contribution in [3.63, 3.8) is 0 Å². The average Bonchev–Trinajstić information content (AvgIpc) is 3.04. The summed E-state index contributed by atoms with van der Waals surface area (Å²) < 4.78 is 11.3. The largest absolute Gasteiger partial charge is 0.376 e. The lowest BCUT2D eigenvalue weighted by Crippen LogP contribution is -2.31. The lowest BCUT2D eigenvalue weighted by atomic mass is 10.2. The van der Waals surface area contributed by atoms with E-state index in [0.717, 1.165) is 25.6 Å². The van der Waals surface area contributed by atoms with Gasteiger partial charge in [-0.15, -0.1) is 0 Å². The zero-order valence-electron chi connectivity index (χ0n) is 11.0. The van der Waals surface area contributed by atoms with E-state index in [1.165, 1.54) is 19.3 Å². The molecule has 3 nitrogen and oxygen atoms in total. The standard InChI is InChI=1S/C13H27NO2/c1-4-5-13(10-14-12-6-7-12)16-9-8-15-11(2)3/h11-14H,4-10H2,1-3H3. The Hall–Kier alpha value is -0.120. The Morgan fingerprint density at radius 1 is 1.19 bits per heavy atom. The summed E-state index contributed by atoms with van der Waals surface area (Å²) in [7, 11) is 0. The van der Waals surface area contributed by atoms with Crippen molar-refractivity contribution in [3.05, 3.63) is 0 Å². The highest BCUT2D eigenvalue weighted by atomic mass is 16.5. The van der Waals surface area contributed by atoms with E-state index in [1.807, 2.05) is 0 Å². The van der Waals surface area contributed by atoms with Gasteiger partial charge in [0.15, 0.2) is 0 Å². The summed E-state index contributed by atoms with van der Waals surface area (Å²) in [6.45, 7) is 8.74. The van der Waals surface area contributed by atoms with Crippen LogP contribution in [0.1, 0.15) is 46.5 Å². The van der Waals surface area contributed by atoms with Crippen LogP contribution in [0.25, 0.3) is 0 Å². The third-order valence-corrected chi connectivity index (χ3v) is 2.71. The maximum absolute atomic E-state index is 5.82. The molecule has 1 fully saturated rings. The van der Waals surface area contributed by atoms with Crippen molar-refractivity contribution in [3.8, 4) is 0 Å². The second kappa shape index (κ2) is 8.04. The predicted octanol–water partition coefficient (Wildman–Crippen LogP) is 2.35. The van der Waals surface area contributed by atoms with Gasteiger partial charge in [0, 0.05) is 12.6 Å². The Kier molecular flexibility index (Phi) is 7.01. The normalized spacial score (nSPS) is 18.0. The summed E-state index contributed by atoms with van der Waals surface area (Å²) in [4.78, 5) is 0. The van der Waals surface area contributed by atoms with E-state index in [2.05, 4.69) is 26.1 Å². The smallest absolute Gasteiger partial charge is 0.0705 e. The minimum absolute atomic E-state index is 0.304. The van der Waals surface area contributed by atoms with E-state index >= 15 is 0 Å². The molecule has 0 amide bonds. The second-order valence-corrected chi connectivity index (χ2v) is 4.88. The van der Waals surface area contributed by atoms with Crippen molar-refractivity contribution in [1.82, 2.24) is 5.32 Å². The van der Waals surface area contributed by atoms with Crippen molar-refractivity contribution in [2.24, 2.45) is 0 Å². The highest BCUT2D eigenvalue weighted by Gasteiger charge is 2.21. The van der Waals surface area contributed by atoms with Crippen LogP contribution < -0.4 is 5.32 Å². The molecule has 1 saturated carbocycles. The molecule has 1 N–H and O–H groups in total. The first-order chi connectivity index (χ1) is 7.72. The third kappa shape index (κ3) is 7.20. The Labute approximate surface area is 99.9 Å². The summed E-state index contributed by atoms with van der Waals surface area (Å²) in [6, 6.07) is 0.773. The number of ether oxygens (including phenoxy) is 2. The van der Waals surface area contributed by atoms with Gasteiger partial charge in [-0.05, 0) is 33.1 Å². The molecule has 1 atom stereocenters. The molecule has 96 valence electrons. The summed E-state index contributed by atoms with van der Waals surface area (Å²) in [6.07, 6.45) is 5.67. The summed E-state index contributed by atoms with van der Waals surface area (Å²) in [5.74, 6) is 0. The lowest BCUT2D eigenvalue weighted by molar-refractivity contribution is -0.0148. The Morgan fingerprint density at radius 2 is 1.88 bits per heavy atom. The third-order valence-electron chi connectivity index (χ3n) is 2.71. The van der Waals surface area contributed by atoms with Gasteiger partial charge in [0.25, 0.3) is 0 Å². The van der Waals surface area contributed by atoms with E-state index in [-0.39, 0.29) is 0 Å². The van der Waals surface area contributed by atoms with Gasteiger partial charge in [-0.1, -0.05) is 13.3 Å². The van der Waals surface area contributed by atoms with Crippen LogP contribution in [0, 0.1) is 0 Å². The van der Waals surface area contributed by atoms with Crippen LogP contribution in [0.2, 0.25) is 0 Å². The molecule has 16 heavy (non-hydrogen) atoms. The van der Waals surface area contributed by atoms with Crippen molar-refractivity contribution in [2.75, 3.05) is 19.8 Å². The van der Waals surface area contributed by atoms with Crippen LogP contribution in [-0.2, 0) is 9.47 Å². The van der Waals surface area contributed by atoms with Gasteiger partial charge in [-0.3, -0.25) is 0 Å². The molecule has 1 rings (SSSR count). The molecule has 1 aliphatic carbocycles. The number of rotatable bonds is 10. The topological polar surface area (TPSA) is 30.5 Å². The van der Waals surface area contributed by atoms with E-state index in [9.17, 15) is 0 Å². The molecule has 0 saturated heterocycles. The summed E-state index contributed by atoms with van der Waals surface area (Å²) in [5, 5.41) is 3.53. The minimum Gasteiger partial charge on any atom is -0.376 e. The monoisotopic (exact) mass is 229 g/mol. The van der Waals surface area contributed by atoms with Crippen LogP contribution >= 0.6 is 0 Å². The van der Waals surface area contributed by atoms with E-state index in [4.69, 9.17) is 9.47 Å². The van der Waals surface area contributed by atoms with Crippen molar-refractivity contribution < 1.29 is 9.47 Å². The molecule has 0 radical (unpaired) electrons. The van der Waals surface area contributed by atoms with Crippen LogP contribution in [0.3, 0.4) is 0 Å². The van der Waals surface area contributed by atoms with Gasteiger partial charge < -0.3 is 14.8 Å². The van der Waals surface area contributed by atoms with E-state index in [1.54, 1.807) is 0 Å². The van der Waals surface area contributed by atoms with Gasteiger partial charge in [0.2, 0.25) is 0 Å². The molecule has 1 aliphatic rings. The lowest BCUT2D eigenvalue weighted by Gasteiger charge is -2.18. The highest BCUT2D eigenvalue weighted by Crippen LogP contribution is 2.18. The first kappa shape index (κ1) is 13.9. The van der Waals surface area contributed by atoms with Crippen LogP contribution in [-0.4, -0.2) is 38.0 Å². The second-order valence-electron chi connectivity index (χ2n) is 4.88. The zero-order valence-corrected chi connectivity index (χ0v) is 11.0. The maximum Gasteiger partial charge on any atom is 0.0705 e. The molecule has 3 heteroatoms. The molecule has 0 spiro atoms. The predicted molar refractivity (Wildman–Crippen MR) is 66.8 cm³/mol.